The molecule has 0 spiro atoms. The standard InChI is InChI=1S/C11H19N3O/c1-8(11(2,3)4)5-10(15)14-9-6-12-13-7-9/h6-8H,5H2,1-4H3,(H,12,13)(H,14,15). The Morgan fingerprint density at radius 1 is 1.60 bits per heavy atom. The van der Waals surface area contributed by atoms with E-state index in [0.29, 0.717) is 12.3 Å². The third kappa shape index (κ3) is 3.73. The number of carbonyl (C=O) groups is 1. The van der Waals surface area contributed by atoms with Gasteiger partial charge in [-0.25, -0.2) is 0 Å². The molecule has 4 heteroatoms. The molecule has 1 aromatic rings. The number of nitrogens with one attached hydrogen (secondary N) is 2. The Balaban J connectivity index is 2.43. The third-order valence-electron chi connectivity index (χ3n) is 2.75. The van der Waals surface area contributed by atoms with E-state index >= 15 is 0 Å². The highest BCUT2D eigenvalue weighted by molar-refractivity contribution is 5.90. The number of amides is 1. The number of aromatic amines is 1. The minimum atomic E-state index is 0.0406. The van der Waals surface area contributed by atoms with Crippen LogP contribution in [0.4, 0.5) is 5.69 Å². The Morgan fingerprint density at radius 2 is 2.27 bits per heavy atom. The highest BCUT2D eigenvalue weighted by Gasteiger charge is 2.22. The second-order valence-electron chi connectivity index (χ2n) is 5.01. The number of rotatable bonds is 3. The van der Waals surface area contributed by atoms with Gasteiger partial charge in [-0.3, -0.25) is 9.89 Å². The average Bonchev–Trinajstić information content (AvgIpc) is 2.54. The first-order valence-electron chi connectivity index (χ1n) is 5.18. The van der Waals surface area contributed by atoms with Crippen LogP contribution in [0.15, 0.2) is 12.4 Å². The topological polar surface area (TPSA) is 57.8 Å². The monoisotopic (exact) mass is 209 g/mol. The molecule has 0 fully saturated rings. The molecule has 0 aliphatic carbocycles. The summed E-state index contributed by atoms with van der Waals surface area (Å²) in [6, 6.07) is 0. The molecular formula is C11H19N3O. The van der Waals surface area contributed by atoms with E-state index in [-0.39, 0.29) is 11.3 Å². The Hall–Kier alpha value is -1.32. The van der Waals surface area contributed by atoms with Crippen molar-refractivity contribution in [2.45, 2.75) is 34.1 Å². The lowest BCUT2D eigenvalue weighted by atomic mass is 9.80. The van der Waals surface area contributed by atoms with E-state index in [1.54, 1.807) is 12.4 Å². The molecule has 1 rings (SSSR count). The van der Waals surface area contributed by atoms with Gasteiger partial charge in [0.1, 0.15) is 0 Å². The van der Waals surface area contributed by atoms with Crippen LogP contribution in [-0.4, -0.2) is 16.1 Å². The van der Waals surface area contributed by atoms with Crippen LogP contribution in [0.2, 0.25) is 0 Å². The Kier molecular flexibility index (Phi) is 3.50. The van der Waals surface area contributed by atoms with Gasteiger partial charge >= 0.3 is 0 Å². The Bertz CT molecular complexity index is 311. The number of aromatic nitrogens is 2. The molecule has 1 atom stereocenters. The van der Waals surface area contributed by atoms with E-state index in [2.05, 4.69) is 43.2 Å². The molecule has 1 unspecified atom stereocenters. The van der Waals surface area contributed by atoms with Crippen molar-refractivity contribution in [3.8, 4) is 0 Å². The summed E-state index contributed by atoms with van der Waals surface area (Å²) in [4.78, 5) is 11.6. The van der Waals surface area contributed by atoms with Crippen molar-refractivity contribution in [2.24, 2.45) is 11.3 Å². The summed E-state index contributed by atoms with van der Waals surface area (Å²) in [6.07, 6.45) is 3.80. The largest absolute Gasteiger partial charge is 0.323 e. The van der Waals surface area contributed by atoms with E-state index in [1.807, 2.05) is 0 Å². The number of carbonyl (C=O) groups excluding carboxylic acids is 1. The summed E-state index contributed by atoms with van der Waals surface area (Å²) in [7, 11) is 0. The van der Waals surface area contributed by atoms with E-state index < -0.39 is 0 Å². The van der Waals surface area contributed by atoms with Crippen LogP contribution in [0.1, 0.15) is 34.1 Å². The number of hydrogen-bond donors (Lipinski definition) is 2. The first-order valence-corrected chi connectivity index (χ1v) is 5.18. The van der Waals surface area contributed by atoms with Crippen molar-refractivity contribution in [1.29, 1.82) is 0 Å². The van der Waals surface area contributed by atoms with Gasteiger partial charge in [-0.2, -0.15) is 5.10 Å². The van der Waals surface area contributed by atoms with Crippen molar-refractivity contribution >= 4 is 11.6 Å². The predicted molar refractivity (Wildman–Crippen MR) is 60.5 cm³/mol. The molecular weight excluding hydrogens is 190 g/mol. The molecule has 0 bridgehead atoms. The van der Waals surface area contributed by atoms with Crippen LogP contribution in [0.25, 0.3) is 0 Å². The number of H-pyrrole nitrogens is 1. The lowest BCUT2D eigenvalue weighted by molar-refractivity contribution is -0.117. The molecule has 0 radical (unpaired) electrons. The van der Waals surface area contributed by atoms with Crippen LogP contribution < -0.4 is 5.32 Å². The van der Waals surface area contributed by atoms with Crippen LogP contribution in [0.3, 0.4) is 0 Å². The van der Waals surface area contributed by atoms with Crippen LogP contribution in [-0.2, 0) is 4.79 Å². The smallest absolute Gasteiger partial charge is 0.224 e. The van der Waals surface area contributed by atoms with Gasteiger partial charge in [0, 0.05) is 12.6 Å². The SMILES string of the molecule is CC(CC(=O)Nc1cn[nH]c1)C(C)(C)C. The zero-order valence-corrected chi connectivity index (χ0v) is 9.79. The maximum absolute atomic E-state index is 11.6. The third-order valence-corrected chi connectivity index (χ3v) is 2.75. The molecule has 0 aromatic carbocycles. The molecule has 0 saturated heterocycles. The summed E-state index contributed by atoms with van der Waals surface area (Å²) in [5.74, 6) is 0.392. The van der Waals surface area contributed by atoms with Gasteiger partial charge < -0.3 is 5.32 Å². The van der Waals surface area contributed by atoms with E-state index in [1.165, 1.54) is 0 Å². The van der Waals surface area contributed by atoms with Crippen LogP contribution in [0.5, 0.6) is 0 Å². The molecule has 1 aromatic heterocycles. The molecule has 2 N–H and O–H groups in total. The zero-order valence-electron chi connectivity index (χ0n) is 9.79. The number of nitrogens with zero attached hydrogens (tertiary/aromatic N) is 1. The van der Waals surface area contributed by atoms with Crippen molar-refractivity contribution < 1.29 is 4.79 Å². The maximum atomic E-state index is 11.6. The number of anilines is 1. The van der Waals surface area contributed by atoms with Gasteiger partial charge in [-0.05, 0) is 11.3 Å². The Labute approximate surface area is 90.5 Å². The molecule has 0 aliphatic rings. The average molecular weight is 209 g/mol. The zero-order chi connectivity index (χ0) is 11.5. The van der Waals surface area contributed by atoms with E-state index in [9.17, 15) is 4.79 Å². The van der Waals surface area contributed by atoms with Crippen molar-refractivity contribution in [3.63, 3.8) is 0 Å². The summed E-state index contributed by atoms with van der Waals surface area (Å²) in [5, 5.41) is 9.21. The quantitative estimate of drug-likeness (QED) is 0.803. The Morgan fingerprint density at radius 3 is 2.73 bits per heavy atom. The molecule has 1 heterocycles. The van der Waals surface area contributed by atoms with Gasteiger partial charge in [0.15, 0.2) is 0 Å². The minimum absolute atomic E-state index is 0.0406. The van der Waals surface area contributed by atoms with Crippen LogP contribution >= 0.6 is 0 Å². The second kappa shape index (κ2) is 4.47. The molecule has 1 amide bonds. The second-order valence-corrected chi connectivity index (χ2v) is 5.01. The van der Waals surface area contributed by atoms with Crippen molar-refractivity contribution in [3.05, 3.63) is 12.4 Å². The lowest BCUT2D eigenvalue weighted by Gasteiger charge is -2.26. The molecule has 0 saturated carbocycles. The predicted octanol–water partition coefficient (Wildman–Crippen LogP) is 2.42. The molecule has 84 valence electrons. The van der Waals surface area contributed by atoms with Gasteiger partial charge in [0.2, 0.25) is 5.91 Å². The van der Waals surface area contributed by atoms with Gasteiger partial charge in [-0.1, -0.05) is 27.7 Å². The fourth-order valence-corrected chi connectivity index (χ4v) is 1.12. The summed E-state index contributed by atoms with van der Waals surface area (Å²) < 4.78 is 0. The first-order chi connectivity index (χ1) is 6.89. The lowest BCUT2D eigenvalue weighted by Crippen LogP contribution is -2.23. The van der Waals surface area contributed by atoms with Gasteiger partial charge in [0.25, 0.3) is 0 Å². The molecule has 4 nitrogen and oxygen atoms in total. The highest BCUT2D eigenvalue weighted by atomic mass is 16.1. The molecule has 15 heavy (non-hydrogen) atoms. The van der Waals surface area contributed by atoms with Crippen molar-refractivity contribution in [1.82, 2.24) is 10.2 Å². The normalized spacial score (nSPS) is 13.6. The summed E-state index contributed by atoms with van der Waals surface area (Å²) in [6.45, 7) is 8.52. The number of hydrogen-bond acceptors (Lipinski definition) is 2. The van der Waals surface area contributed by atoms with Gasteiger partial charge in [-0.15, -0.1) is 0 Å². The van der Waals surface area contributed by atoms with Crippen LogP contribution in [0, 0.1) is 11.3 Å². The summed E-state index contributed by atoms with van der Waals surface area (Å²) in [5.41, 5.74) is 0.884. The first kappa shape index (κ1) is 11.8. The van der Waals surface area contributed by atoms with Crippen molar-refractivity contribution in [2.75, 3.05) is 5.32 Å². The fourth-order valence-electron chi connectivity index (χ4n) is 1.12. The summed E-state index contributed by atoms with van der Waals surface area (Å²) >= 11 is 0. The minimum Gasteiger partial charge on any atom is -0.323 e. The highest BCUT2D eigenvalue weighted by Crippen LogP contribution is 2.28. The molecule has 0 aliphatic heterocycles. The van der Waals surface area contributed by atoms with E-state index in [4.69, 9.17) is 0 Å². The van der Waals surface area contributed by atoms with Gasteiger partial charge in [0.05, 0.1) is 11.9 Å². The van der Waals surface area contributed by atoms with E-state index in [0.717, 1.165) is 5.69 Å². The maximum Gasteiger partial charge on any atom is 0.224 e. The fraction of sp³-hybridized carbons (Fsp3) is 0.636.